The lowest BCUT2D eigenvalue weighted by Gasteiger charge is -2.29. The van der Waals surface area contributed by atoms with E-state index < -0.39 is 0 Å². The zero-order valence-corrected chi connectivity index (χ0v) is 14.8. The summed E-state index contributed by atoms with van der Waals surface area (Å²) < 4.78 is 6.27. The Balaban J connectivity index is 2.12. The minimum atomic E-state index is 0.0232. The number of carbonyl (C=O) groups excluding carboxylic acids is 1. The monoisotopic (exact) mass is 332 g/mol. The highest BCUT2D eigenvalue weighted by atomic mass is 32.1. The molecule has 0 aliphatic rings. The highest BCUT2D eigenvalue weighted by Gasteiger charge is 2.18. The van der Waals surface area contributed by atoms with Gasteiger partial charge in [-0.1, -0.05) is 26.0 Å². The summed E-state index contributed by atoms with van der Waals surface area (Å²) >= 11 is 1.60. The molecule has 0 unspecified atom stereocenters. The number of para-hydroxylation sites is 1. The summed E-state index contributed by atoms with van der Waals surface area (Å²) in [6.45, 7) is 5.39. The second-order valence-electron chi connectivity index (χ2n) is 5.35. The van der Waals surface area contributed by atoms with Crippen LogP contribution in [0.2, 0.25) is 0 Å². The van der Waals surface area contributed by atoms with Crippen LogP contribution in [0.5, 0.6) is 0 Å². The first-order valence-electron chi connectivity index (χ1n) is 8.02. The Morgan fingerprint density at radius 2 is 2.09 bits per heavy atom. The van der Waals surface area contributed by atoms with Crippen molar-refractivity contribution in [3.05, 3.63) is 35.3 Å². The largest absolute Gasteiger partial charge is 0.383 e. The number of nitrogens with zero attached hydrogens (tertiary/aromatic N) is 2. The van der Waals surface area contributed by atoms with Gasteiger partial charge in [0.15, 0.2) is 0 Å². The van der Waals surface area contributed by atoms with Gasteiger partial charge in [0.1, 0.15) is 5.01 Å². The predicted octanol–water partition coefficient (Wildman–Crippen LogP) is 3.97. The minimum absolute atomic E-state index is 0.0232. The molecule has 0 saturated heterocycles. The van der Waals surface area contributed by atoms with Crippen molar-refractivity contribution >= 4 is 33.5 Å². The summed E-state index contributed by atoms with van der Waals surface area (Å²) in [5.74, 6) is 0.0232. The summed E-state index contributed by atoms with van der Waals surface area (Å²) in [6.07, 6.45) is 5.34. The van der Waals surface area contributed by atoms with E-state index in [1.165, 1.54) is 0 Å². The molecule has 4 nitrogen and oxygen atoms in total. The molecular formula is C18H24N2O2S. The van der Waals surface area contributed by atoms with Crippen molar-refractivity contribution in [1.29, 1.82) is 0 Å². The topological polar surface area (TPSA) is 42.4 Å². The van der Waals surface area contributed by atoms with Crippen molar-refractivity contribution in [2.75, 3.05) is 20.3 Å². The fourth-order valence-electron chi connectivity index (χ4n) is 2.59. The van der Waals surface area contributed by atoms with Crippen LogP contribution >= 0.6 is 11.3 Å². The van der Waals surface area contributed by atoms with E-state index in [2.05, 4.69) is 18.8 Å². The molecule has 2 aromatic rings. The van der Waals surface area contributed by atoms with Crippen LogP contribution in [-0.4, -0.2) is 42.1 Å². The smallest absolute Gasteiger partial charge is 0.246 e. The van der Waals surface area contributed by atoms with Crippen LogP contribution in [-0.2, 0) is 9.53 Å². The van der Waals surface area contributed by atoms with Crippen molar-refractivity contribution < 1.29 is 9.53 Å². The van der Waals surface area contributed by atoms with Gasteiger partial charge in [-0.3, -0.25) is 4.79 Å². The van der Waals surface area contributed by atoms with E-state index >= 15 is 0 Å². The fourth-order valence-corrected chi connectivity index (χ4v) is 3.46. The summed E-state index contributed by atoms with van der Waals surface area (Å²) in [6, 6.07) is 8.25. The van der Waals surface area contributed by atoms with E-state index in [1.54, 1.807) is 24.5 Å². The number of benzene rings is 1. The zero-order chi connectivity index (χ0) is 16.7. The number of aromatic nitrogens is 1. The van der Waals surface area contributed by atoms with Gasteiger partial charge < -0.3 is 9.64 Å². The summed E-state index contributed by atoms with van der Waals surface area (Å²) in [7, 11) is 1.66. The predicted molar refractivity (Wildman–Crippen MR) is 96.6 cm³/mol. The molecule has 0 radical (unpaired) electrons. The van der Waals surface area contributed by atoms with Crippen LogP contribution in [0.4, 0.5) is 0 Å². The molecule has 0 N–H and O–H groups in total. The fraction of sp³-hybridized carbons (Fsp3) is 0.444. The van der Waals surface area contributed by atoms with E-state index in [-0.39, 0.29) is 11.9 Å². The maximum atomic E-state index is 12.6. The molecule has 0 aliphatic heterocycles. The molecular weight excluding hydrogens is 308 g/mol. The van der Waals surface area contributed by atoms with Crippen LogP contribution in [0.3, 0.4) is 0 Å². The van der Waals surface area contributed by atoms with Gasteiger partial charge in [0.25, 0.3) is 0 Å². The van der Waals surface area contributed by atoms with Gasteiger partial charge in [0, 0.05) is 25.8 Å². The molecule has 23 heavy (non-hydrogen) atoms. The van der Waals surface area contributed by atoms with Crippen molar-refractivity contribution in [1.82, 2.24) is 9.88 Å². The van der Waals surface area contributed by atoms with Crippen LogP contribution in [0.15, 0.2) is 30.3 Å². The maximum Gasteiger partial charge on any atom is 0.246 e. The molecule has 1 aromatic heterocycles. The number of amides is 1. The number of hydrogen-bond donors (Lipinski definition) is 0. The first-order chi connectivity index (χ1) is 11.2. The van der Waals surface area contributed by atoms with Crippen LogP contribution < -0.4 is 0 Å². The van der Waals surface area contributed by atoms with Crippen LogP contribution in [0, 0.1) is 0 Å². The molecule has 0 saturated carbocycles. The Kier molecular flexibility index (Phi) is 6.74. The van der Waals surface area contributed by atoms with Crippen LogP contribution in [0.1, 0.15) is 31.7 Å². The van der Waals surface area contributed by atoms with E-state index in [9.17, 15) is 4.79 Å². The Morgan fingerprint density at radius 3 is 2.74 bits per heavy atom. The standard InChI is InChI=1S/C18H24N2O2S/c1-4-14(5-2)20(12-13-22-3)18(21)11-10-17-19-15-8-6-7-9-16(15)23-17/h6-11,14H,4-5,12-13H2,1-3H3. The zero-order valence-electron chi connectivity index (χ0n) is 14.0. The molecule has 2 rings (SSSR count). The van der Waals surface area contributed by atoms with Crippen molar-refractivity contribution in [3.8, 4) is 0 Å². The molecule has 0 fully saturated rings. The number of carbonyl (C=O) groups is 1. The molecule has 1 amide bonds. The first kappa shape index (κ1) is 17.6. The quantitative estimate of drug-likeness (QED) is 0.687. The SMILES string of the molecule is CCC(CC)N(CCOC)C(=O)C=Cc1nc2ccccc2s1. The highest BCUT2D eigenvalue weighted by Crippen LogP contribution is 2.22. The summed E-state index contributed by atoms with van der Waals surface area (Å²) in [5.41, 5.74) is 0.973. The molecule has 1 aromatic carbocycles. The number of methoxy groups -OCH3 is 1. The Labute approximate surface area is 141 Å². The molecule has 0 aliphatic carbocycles. The van der Waals surface area contributed by atoms with E-state index in [0.717, 1.165) is 28.1 Å². The third-order valence-electron chi connectivity index (χ3n) is 3.88. The van der Waals surface area contributed by atoms with Gasteiger partial charge in [-0.2, -0.15) is 0 Å². The highest BCUT2D eigenvalue weighted by molar-refractivity contribution is 7.19. The lowest BCUT2D eigenvalue weighted by atomic mass is 10.1. The van der Waals surface area contributed by atoms with Gasteiger partial charge in [-0.05, 0) is 31.1 Å². The number of thiazole rings is 1. The molecule has 124 valence electrons. The summed E-state index contributed by atoms with van der Waals surface area (Å²) in [4.78, 5) is 19.0. The Morgan fingerprint density at radius 1 is 1.35 bits per heavy atom. The normalized spacial score (nSPS) is 11.7. The number of fused-ring (bicyclic) bond motifs is 1. The number of ether oxygens (including phenoxy) is 1. The van der Waals surface area contributed by atoms with Crippen molar-refractivity contribution in [2.45, 2.75) is 32.7 Å². The van der Waals surface area contributed by atoms with E-state index in [4.69, 9.17) is 4.74 Å². The third kappa shape index (κ3) is 4.62. The van der Waals surface area contributed by atoms with E-state index in [1.807, 2.05) is 35.2 Å². The van der Waals surface area contributed by atoms with Gasteiger partial charge in [-0.25, -0.2) is 4.98 Å². The second kappa shape index (κ2) is 8.79. The Hall–Kier alpha value is -1.72. The maximum absolute atomic E-state index is 12.6. The minimum Gasteiger partial charge on any atom is -0.383 e. The Bertz CT molecular complexity index is 629. The lowest BCUT2D eigenvalue weighted by Crippen LogP contribution is -2.40. The van der Waals surface area contributed by atoms with Gasteiger partial charge in [-0.15, -0.1) is 11.3 Å². The van der Waals surface area contributed by atoms with Gasteiger partial charge in [0.2, 0.25) is 5.91 Å². The second-order valence-corrected chi connectivity index (χ2v) is 6.41. The molecule has 1 heterocycles. The first-order valence-corrected chi connectivity index (χ1v) is 8.84. The number of rotatable bonds is 8. The average molecular weight is 332 g/mol. The van der Waals surface area contributed by atoms with Gasteiger partial charge in [0.05, 0.1) is 16.8 Å². The molecule has 0 atom stereocenters. The molecule has 0 spiro atoms. The van der Waals surface area contributed by atoms with Gasteiger partial charge >= 0.3 is 0 Å². The number of hydrogen-bond acceptors (Lipinski definition) is 4. The lowest BCUT2D eigenvalue weighted by molar-refractivity contribution is -0.129. The van der Waals surface area contributed by atoms with Crippen LogP contribution in [0.25, 0.3) is 16.3 Å². The molecule has 0 bridgehead atoms. The van der Waals surface area contributed by atoms with Crippen molar-refractivity contribution in [2.24, 2.45) is 0 Å². The van der Waals surface area contributed by atoms with E-state index in [0.29, 0.717) is 13.2 Å². The van der Waals surface area contributed by atoms with Crippen molar-refractivity contribution in [3.63, 3.8) is 0 Å². The molecule has 5 heteroatoms. The average Bonchev–Trinajstić information content (AvgIpc) is 2.99. The third-order valence-corrected chi connectivity index (χ3v) is 4.88. The summed E-state index contributed by atoms with van der Waals surface area (Å²) in [5, 5.41) is 0.857.